The standard InChI is InChI=1S/C11H14O4/c1-8-4-9(6-12)5-10(11(8)14-3)15-7-13-2/h4-6H,7H2,1-3H3. The van der Waals surface area contributed by atoms with E-state index in [-0.39, 0.29) is 6.79 Å². The molecule has 1 rings (SSSR count). The Kier molecular flexibility index (Phi) is 4.12. The largest absolute Gasteiger partial charge is 0.493 e. The van der Waals surface area contributed by atoms with Crippen molar-refractivity contribution in [2.45, 2.75) is 6.92 Å². The number of benzene rings is 1. The molecule has 1 aromatic carbocycles. The molecule has 0 bridgehead atoms. The van der Waals surface area contributed by atoms with E-state index in [4.69, 9.17) is 14.2 Å². The summed E-state index contributed by atoms with van der Waals surface area (Å²) in [6.07, 6.45) is 0.770. The van der Waals surface area contributed by atoms with Crippen molar-refractivity contribution in [1.29, 1.82) is 0 Å². The average molecular weight is 210 g/mol. The van der Waals surface area contributed by atoms with Crippen LogP contribution in [0.1, 0.15) is 15.9 Å². The van der Waals surface area contributed by atoms with E-state index in [0.717, 1.165) is 11.8 Å². The molecule has 0 spiro atoms. The fourth-order valence-corrected chi connectivity index (χ4v) is 1.33. The van der Waals surface area contributed by atoms with Gasteiger partial charge in [0.25, 0.3) is 0 Å². The average Bonchev–Trinajstić information content (AvgIpc) is 2.25. The van der Waals surface area contributed by atoms with E-state index in [1.165, 1.54) is 7.11 Å². The highest BCUT2D eigenvalue weighted by Crippen LogP contribution is 2.31. The summed E-state index contributed by atoms with van der Waals surface area (Å²) in [6, 6.07) is 3.36. The molecule has 4 heteroatoms. The van der Waals surface area contributed by atoms with Gasteiger partial charge in [-0.1, -0.05) is 0 Å². The molecule has 0 radical (unpaired) electrons. The first kappa shape index (κ1) is 11.5. The zero-order valence-corrected chi connectivity index (χ0v) is 9.07. The van der Waals surface area contributed by atoms with Gasteiger partial charge < -0.3 is 14.2 Å². The monoisotopic (exact) mass is 210 g/mol. The summed E-state index contributed by atoms with van der Waals surface area (Å²) in [5, 5.41) is 0. The highest BCUT2D eigenvalue weighted by atomic mass is 16.7. The van der Waals surface area contributed by atoms with Gasteiger partial charge in [0.1, 0.15) is 6.29 Å². The van der Waals surface area contributed by atoms with E-state index in [0.29, 0.717) is 17.1 Å². The third-order valence-corrected chi connectivity index (χ3v) is 1.94. The Labute approximate surface area is 88.8 Å². The molecule has 0 atom stereocenters. The fraction of sp³-hybridized carbons (Fsp3) is 0.364. The van der Waals surface area contributed by atoms with Gasteiger partial charge in [-0.05, 0) is 24.6 Å². The number of hydrogen-bond acceptors (Lipinski definition) is 4. The minimum absolute atomic E-state index is 0.123. The van der Waals surface area contributed by atoms with E-state index in [1.54, 1.807) is 19.2 Å². The summed E-state index contributed by atoms with van der Waals surface area (Å²) in [6.45, 7) is 1.98. The van der Waals surface area contributed by atoms with Crippen molar-refractivity contribution in [3.63, 3.8) is 0 Å². The Morgan fingerprint density at radius 3 is 2.60 bits per heavy atom. The van der Waals surface area contributed by atoms with Crippen molar-refractivity contribution in [3.05, 3.63) is 23.3 Å². The smallest absolute Gasteiger partial charge is 0.188 e. The van der Waals surface area contributed by atoms with Crippen LogP contribution in [-0.2, 0) is 4.74 Å². The van der Waals surface area contributed by atoms with Crippen molar-refractivity contribution < 1.29 is 19.0 Å². The summed E-state index contributed by atoms with van der Waals surface area (Å²) in [5.74, 6) is 1.14. The van der Waals surface area contributed by atoms with Gasteiger partial charge in [0.2, 0.25) is 0 Å². The molecule has 0 aromatic heterocycles. The summed E-state index contributed by atoms with van der Waals surface area (Å²) in [7, 11) is 3.09. The highest BCUT2D eigenvalue weighted by Gasteiger charge is 2.09. The Hall–Kier alpha value is -1.55. The van der Waals surface area contributed by atoms with E-state index >= 15 is 0 Å². The lowest BCUT2D eigenvalue weighted by Crippen LogP contribution is -2.02. The maximum atomic E-state index is 10.7. The normalized spacial score (nSPS) is 9.80. The molecule has 0 fully saturated rings. The van der Waals surface area contributed by atoms with Crippen LogP contribution in [0.3, 0.4) is 0 Å². The van der Waals surface area contributed by atoms with Crippen LogP contribution >= 0.6 is 0 Å². The van der Waals surface area contributed by atoms with E-state index in [9.17, 15) is 4.79 Å². The summed E-state index contributed by atoms with van der Waals surface area (Å²) in [4.78, 5) is 10.7. The molecule has 1 aromatic rings. The van der Waals surface area contributed by atoms with Crippen LogP contribution in [0.25, 0.3) is 0 Å². The number of aryl methyl sites for hydroxylation is 1. The van der Waals surface area contributed by atoms with Crippen LogP contribution < -0.4 is 9.47 Å². The van der Waals surface area contributed by atoms with Crippen LogP contribution in [-0.4, -0.2) is 27.3 Å². The molecule has 0 amide bonds. The van der Waals surface area contributed by atoms with Crippen molar-refractivity contribution >= 4 is 6.29 Å². The predicted molar refractivity (Wildman–Crippen MR) is 55.6 cm³/mol. The topological polar surface area (TPSA) is 44.8 Å². The second kappa shape index (κ2) is 5.36. The molecule has 0 heterocycles. The number of carbonyl (C=O) groups excluding carboxylic acids is 1. The van der Waals surface area contributed by atoms with Crippen molar-refractivity contribution in [2.24, 2.45) is 0 Å². The number of rotatable bonds is 5. The molecule has 0 N–H and O–H groups in total. The first-order chi connectivity index (χ1) is 7.22. The highest BCUT2D eigenvalue weighted by molar-refractivity contribution is 5.77. The second-order valence-corrected chi connectivity index (χ2v) is 3.04. The number of aldehydes is 1. The van der Waals surface area contributed by atoms with Gasteiger partial charge in [-0.3, -0.25) is 4.79 Å². The van der Waals surface area contributed by atoms with E-state index in [1.807, 2.05) is 6.92 Å². The first-order valence-electron chi connectivity index (χ1n) is 4.48. The molecule has 0 aliphatic carbocycles. The third kappa shape index (κ3) is 2.70. The van der Waals surface area contributed by atoms with Crippen LogP contribution in [0.15, 0.2) is 12.1 Å². The van der Waals surface area contributed by atoms with E-state index in [2.05, 4.69) is 0 Å². The molecule has 0 saturated heterocycles. The Bertz CT molecular complexity index is 347. The molecule has 0 saturated carbocycles. The zero-order valence-electron chi connectivity index (χ0n) is 9.07. The second-order valence-electron chi connectivity index (χ2n) is 3.04. The molecule has 82 valence electrons. The number of hydrogen-bond donors (Lipinski definition) is 0. The summed E-state index contributed by atoms with van der Waals surface area (Å²) >= 11 is 0. The predicted octanol–water partition coefficient (Wildman–Crippen LogP) is 1.80. The van der Waals surface area contributed by atoms with Gasteiger partial charge >= 0.3 is 0 Å². The van der Waals surface area contributed by atoms with Gasteiger partial charge in [-0.25, -0.2) is 0 Å². The molecule has 0 unspecified atom stereocenters. The molecule has 15 heavy (non-hydrogen) atoms. The molecule has 0 aliphatic heterocycles. The molecule has 0 aliphatic rings. The van der Waals surface area contributed by atoms with Crippen LogP contribution in [0.5, 0.6) is 11.5 Å². The van der Waals surface area contributed by atoms with Crippen LogP contribution in [0, 0.1) is 6.92 Å². The Balaban J connectivity index is 3.07. The maximum absolute atomic E-state index is 10.7. The molecular weight excluding hydrogens is 196 g/mol. The molecule has 4 nitrogen and oxygen atoms in total. The lowest BCUT2D eigenvalue weighted by molar-refractivity contribution is 0.0490. The number of carbonyl (C=O) groups is 1. The minimum atomic E-state index is 0.123. The van der Waals surface area contributed by atoms with E-state index < -0.39 is 0 Å². The first-order valence-corrected chi connectivity index (χ1v) is 4.48. The van der Waals surface area contributed by atoms with Gasteiger partial charge in [0.15, 0.2) is 18.3 Å². The van der Waals surface area contributed by atoms with Gasteiger partial charge in [0, 0.05) is 12.7 Å². The van der Waals surface area contributed by atoms with Gasteiger partial charge in [-0.15, -0.1) is 0 Å². The number of methoxy groups -OCH3 is 2. The minimum Gasteiger partial charge on any atom is -0.493 e. The zero-order chi connectivity index (χ0) is 11.3. The van der Waals surface area contributed by atoms with Crippen LogP contribution in [0.4, 0.5) is 0 Å². The quantitative estimate of drug-likeness (QED) is 0.549. The lowest BCUT2D eigenvalue weighted by atomic mass is 10.1. The number of ether oxygens (including phenoxy) is 3. The maximum Gasteiger partial charge on any atom is 0.188 e. The van der Waals surface area contributed by atoms with Crippen molar-refractivity contribution in [3.8, 4) is 11.5 Å². The summed E-state index contributed by atoms with van der Waals surface area (Å²) in [5.41, 5.74) is 1.41. The Morgan fingerprint density at radius 2 is 2.07 bits per heavy atom. The van der Waals surface area contributed by atoms with Crippen molar-refractivity contribution in [2.75, 3.05) is 21.0 Å². The van der Waals surface area contributed by atoms with Gasteiger partial charge in [-0.2, -0.15) is 0 Å². The third-order valence-electron chi connectivity index (χ3n) is 1.94. The Morgan fingerprint density at radius 1 is 1.33 bits per heavy atom. The van der Waals surface area contributed by atoms with Crippen molar-refractivity contribution in [1.82, 2.24) is 0 Å². The SMILES string of the molecule is COCOc1cc(C=O)cc(C)c1OC. The molecular formula is C11H14O4. The lowest BCUT2D eigenvalue weighted by Gasteiger charge is -2.12. The summed E-state index contributed by atoms with van der Waals surface area (Å²) < 4.78 is 15.3. The van der Waals surface area contributed by atoms with Crippen LogP contribution in [0.2, 0.25) is 0 Å². The fourth-order valence-electron chi connectivity index (χ4n) is 1.33. The van der Waals surface area contributed by atoms with Gasteiger partial charge in [0.05, 0.1) is 7.11 Å².